The van der Waals surface area contributed by atoms with Crippen LogP contribution in [-0.4, -0.2) is 36.5 Å². The van der Waals surface area contributed by atoms with Crippen LogP contribution in [0.2, 0.25) is 0 Å². The summed E-state index contributed by atoms with van der Waals surface area (Å²) in [6.45, 7) is 4.22. The van der Waals surface area contributed by atoms with Gasteiger partial charge in [-0.1, -0.05) is 30.3 Å². The largest absolute Gasteiger partial charge is 0.494 e. The first-order valence-electron chi connectivity index (χ1n) is 9.30. The average molecular weight is 387 g/mol. The summed E-state index contributed by atoms with van der Waals surface area (Å²) in [4.78, 5) is 26.0. The number of likely N-dealkylation sites (N-methyl/N-ethyl adjacent to an activating group) is 1. The lowest BCUT2D eigenvalue weighted by Gasteiger charge is -2.21. The summed E-state index contributed by atoms with van der Waals surface area (Å²) in [5, 5.41) is 0. The maximum atomic E-state index is 13.3. The highest BCUT2D eigenvalue weighted by Crippen LogP contribution is 2.20. The third-order valence-corrected chi connectivity index (χ3v) is 4.21. The van der Waals surface area contributed by atoms with Crippen LogP contribution in [0, 0.1) is 5.82 Å². The number of rotatable bonds is 9. The lowest BCUT2D eigenvalue weighted by molar-refractivity contribution is -0.158. The van der Waals surface area contributed by atoms with E-state index in [1.54, 1.807) is 19.2 Å². The minimum atomic E-state index is -0.909. The lowest BCUT2D eigenvalue weighted by Crippen LogP contribution is -2.37. The monoisotopic (exact) mass is 387 g/mol. The molecule has 0 saturated carbocycles. The molecule has 2 aromatic carbocycles. The molecule has 0 saturated heterocycles. The molecular formula is C22H26FNO4. The number of aryl methyl sites for hydroxylation is 1. The van der Waals surface area contributed by atoms with E-state index in [9.17, 15) is 14.0 Å². The molecule has 1 unspecified atom stereocenters. The van der Waals surface area contributed by atoms with Crippen molar-refractivity contribution in [3.05, 3.63) is 65.5 Å². The van der Waals surface area contributed by atoms with E-state index in [1.165, 1.54) is 24.0 Å². The van der Waals surface area contributed by atoms with Gasteiger partial charge in [0, 0.05) is 20.0 Å². The molecule has 0 aliphatic heterocycles. The Balaban J connectivity index is 1.85. The number of amides is 1. The van der Waals surface area contributed by atoms with E-state index in [4.69, 9.17) is 9.47 Å². The van der Waals surface area contributed by atoms with Crippen LogP contribution in [-0.2, 0) is 27.3 Å². The highest BCUT2D eigenvalue weighted by atomic mass is 19.1. The van der Waals surface area contributed by atoms with Crippen LogP contribution in [0.5, 0.6) is 5.75 Å². The molecule has 0 radical (unpaired) electrons. The van der Waals surface area contributed by atoms with Gasteiger partial charge in [0.25, 0.3) is 5.91 Å². The Morgan fingerprint density at radius 1 is 1.14 bits per heavy atom. The molecule has 150 valence electrons. The summed E-state index contributed by atoms with van der Waals surface area (Å²) in [7, 11) is 1.59. The van der Waals surface area contributed by atoms with Gasteiger partial charge < -0.3 is 14.4 Å². The van der Waals surface area contributed by atoms with E-state index in [0.29, 0.717) is 18.6 Å². The zero-order valence-electron chi connectivity index (χ0n) is 16.5. The van der Waals surface area contributed by atoms with Gasteiger partial charge in [-0.05, 0) is 49.6 Å². The Bertz CT molecular complexity index is 809. The van der Waals surface area contributed by atoms with Gasteiger partial charge in [-0.15, -0.1) is 0 Å². The van der Waals surface area contributed by atoms with Crippen LogP contribution in [0.15, 0.2) is 48.5 Å². The van der Waals surface area contributed by atoms with Crippen molar-refractivity contribution in [3.63, 3.8) is 0 Å². The van der Waals surface area contributed by atoms with Crippen LogP contribution in [0.3, 0.4) is 0 Å². The van der Waals surface area contributed by atoms with E-state index in [1.807, 2.05) is 31.2 Å². The standard InChI is InChI=1S/C22H26FNO4/c1-4-27-20-11-6-5-9-18(20)12-13-21(25)28-16(2)22(26)24(3)15-17-8-7-10-19(23)14-17/h5-11,14,16H,4,12-13,15H2,1-3H3. The van der Waals surface area contributed by atoms with Crippen molar-refractivity contribution in [2.45, 2.75) is 39.3 Å². The first-order chi connectivity index (χ1) is 13.4. The van der Waals surface area contributed by atoms with Gasteiger partial charge in [-0.2, -0.15) is 0 Å². The number of carbonyl (C=O) groups excluding carboxylic acids is 2. The maximum absolute atomic E-state index is 13.3. The molecule has 0 bridgehead atoms. The topological polar surface area (TPSA) is 55.8 Å². The number of benzene rings is 2. The second-order valence-corrected chi connectivity index (χ2v) is 6.50. The van der Waals surface area contributed by atoms with E-state index < -0.39 is 12.1 Å². The van der Waals surface area contributed by atoms with Crippen molar-refractivity contribution in [1.29, 1.82) is 0 Å². The second kappa shape index (κ2) is 10.4. The Hall–Kier alpha value is -2.89. The van der Waals surface area contributed by atoms with Crippen molar-refractivity contribution < 1.29 is 23.5 Å². The number of para-hydroxylation sites is 1. The number of hydrogen-bond acceptors (Lipinski definition) is 4. The molecule has 5 nitrogen and oxygen atoms in total. The van der Waals surface area contributed by atoms with Crippen molar-refractivity contribution in [1.82, 2.24) is 4.90 Å². The van der Waals surface area contributed by atoms with Gasteiger partial charge >= 0.3 is 5.97 Å². The number of hydrogen-bond donors (Lipinski definition) is 0. The molecule has 0 aromatic heterocycles. The second-order valence-electron chi connectivity index (χ2n) is 6.50. The molecule has 1 amide bonds. The smallest absolute Gasteiger partial charge is 0.306 e. The number of esters is 1. The number of carbonyl (C=O) groups is 2. The van der Waals surface area contributed by atoms with Crippen LogP contribution in [0.1, 0.15) is 31.4 Å². The van der Waals surface area contributed by atoms with Gasteiger partial charge in [0.05, 0.1) is 6.61 Å². The minimum Gasteiger partial charge on any atom is -0.494 e. The highest BCUT2D eigenvalue weighted by molar-refractivity contribution is 5.83. The summed E-state index contributed by atoms with van der Waals surface area (Å²) >= 11 is 0. The molecule has 0 aliphatic carbocycles. The van der Waals surface area contributed by atoms with Crippen molar-refractivity contribution in [3.8, 4) is 5.75 Å². The molecule has 0 aliphatic rings. The van der Waals surface area contributed by atoms with Crippen molar-refractivity contribution in [2.75, 3.05) is 13.7 Å². The van der Waals surface area contributed by atoms with Crippen LogP contribution < -0.4 is 4.74 Å². The third-order valence-electron chi connectivity index (χ3n) is 4.21. The van der Waals surface area contributed by atoms with Gasteiger partial charge in [0.1, 0.15) is 11.6 Å². The fourth-order valence-corrected chi connectivity index (χ4v) is 2.85. The molecule has 0 fully saturated rings. The SMILES string of the molecule is CCOc1ccccc1CCC(=O)OC(C)C(=O)N(C)Cc1cccc(F)c1. The van der Waals surface area contributed by atoms with E-state index in [2.05, 4.69) is 0 Å². The molecule has 2 rings (SSSR count). The first kappa shape index (κ1) is 21.4. The van der Waals surface area contributed by atoms with Crippen molar-refractivity contribution in [2.24, 2.45) is 0 Å². The number of halogens is 1. The maximum Gasteiger partial charge on any atom is 0.306 e. The molecule has 2 aromatic rings. The van der Waals surface area contributed by atoms with E-state index >= 15 is 0 Å². The van der Waals surface area contributed by atoms with Gasteiger partial charge in [-0.3, -0.25) is 9.59 Å². The molecule has 0 heterocycles. The van der Waals surface area contributed by atoms with Crippen LogP contribution >= 0.6 is 0 Å². The normalized spacial score (nSPS) is 11.6. The lowest BCUT2D eigenvalue weighted by atomic mass is 10.1. The minimum absolute atomic E-state index is 0.148. The summed E-state index contributed by atoms with van der Waals surface area (Å²) in [6.07, 6.45) is -0.294. The molecule has 6 heteroatoms. The predicted octanol–water partition coefficient (Wildman–Crippen LogP) is 3.75. The Morgan fingerprint density at radius 3 is 2.61 bits per heavy atom. The summed E-state index contributed by atoms with van der Waals surface area (Å²) in [5.74, 6) is -0.402. The molecule has 28 heavy (non-hydrogen) atoms. The molecule has 1 atom stereocenters. The molecule has 0 spiro atoms. The summed E-state index contributed by atoms with van der Waals surface area (Å²) in [5.41, 5.74) is 1.59. The zero-order valence-corrected chi connectivity index (χ0v) is 16.5. The Labute approximate surface area is 165 Å². The van der Waals surface area contributed by atoms with Crippen LogP contribution in [0.4, 0.5) is 4.39 Å². The van der Waals surface area contributed by atoms with Crippen molar-refractivity contribution >= 4 is 11.9 Å². The molecule has 0 N–H and O–H groups in total. The van der Waals surface area contributed by atoms with Gasteiger partial charge in [-0.25, -0.2) is 4.39 Å². The quantitative estimate of drug-likeness (QED) is 0.615. The fourth-order valence-electron chi connectivity index (χ4n) is 2.85. The third kappa shape index (κ3) is 6.37. The van der Waals surface area contributed by atoms with Gasteiger partial charge in [0.15, 0.2) is 6.10 Å². The summed E-state index contributed by atoms with van der Waals surface area (Å²) < 4.78 is 24.1. The van der Waals surface area contributed by atoms with E-state index in [0.717, 1.165) is 11.3 Å². The Morgan fingerprint density at radius 2 is 1.89 bits per heavy atom. The Kier molecular flexibility index (Phi) is 7.99. The molecular weight excluding hydrogens is 361 g/mol. The predicted molar refractivity (Wildman–Crippen MR) is 104 cm³/mol. The number of nitrogens with zero attached hydrogens (tertiary/aromatic N) is 1. The number of ether oxygens (including phenoxy) is 2. The van der Waals surface area contributed by atoms with Gasteiger partial charge in [0.2, 0.25) is 0 Å². The first-order valence-corrected chi connectivity index (χ1v) is 9.30. The van der Waals surface area contributed by atoms with E-state index in [-0.39, 0.29) is 24.7 Å². The highest BCUT2D eigenvalue weighted by Gasteiger charge is 2.21. The summed E-state index contributed by atoms with van der Waals surface area (Å²) in [6, 6.07) is 13.6. The average Bonchev–Trinajstić information content (AvgIpc) is 2.67. The fraction of sp³-hybridized carbons (Fsp3) is 0.364. The van der Waals surface area contributed by atoms with Crippen LogP contribution in [0.25, 0.3) is 0 Å². The zero-order chi connectivity index (χ0) is 20.5.